The molecule has 1 aliphatic carbocycles. The minimum atomic E-state index is -1.02. The maximum atomic E-state index is 12.4. The summed E-state index contributed by atoms with van der Waals surface area (Å²) >= 11 is 0. The first-order valence-corrected chi connectivity index (χ1v) is 8.97. The van der Waals surface area contributed by atoms with E-state index >= 15 is 0 Å². The number of carboxylic acid groups (broad SMARTS) is 1. The van der Waals surface area contributed by atoms with Crippen LogP contribution in [0.3, 0.4) is 0 Å². The molecule has 2 fully saturated rings. The summed E-state index contributed by atoms with van der Waals surface area (Å²) in [7, 11) is 0. The molecule has 3 N–H and O–H groups in total. The number of amides is 3. The molecule has 0 aromatic heterocycles. The van der Waals surface area contributed by atoms with E-state index in [0.717, 1.165) is 32.1 Å². The van der Waals surface area contributed by atoms with Gasteiger partial charge in [0, 0.05) is 19.1 Å². The fourth-order valence-electron chi connectivity index (χ4n) is 3.50. The molecule has 2 atom stereocenters. The second-order valence-electron chi connectivity index (χ2n) is 7.28. The number of urea groups is 1. The Hall–Kier alpha value is -1.79. The highest BCUT2D eigenvalue weighted by Crippen LogP contribution is 2.20. The first-order valence-electron chi connectivity index (χ1n) is 8.97. The van der Waals surface area contributed by atoms with Gasteiger partial charge in [0.15, 0.2) is 0 Å². The van der Waals surface area contributed by atoms with Gasteiger partial charge >= 0.3 is 12.0 Å². The van der Waals surface area contributed by atoms with Crippen molar-refractivity contribution in [3.63, 3.8) is 0 Å². The zero-order valence-corrected chi connectivity index (χ0v) is 14.6. The molecule has 0 bridgehead atoms. The number of carbonyl (C=O) groups excluding carboxylic acids is 2. The number of likely N-dealkylation sites (tertiary alicyclic amines) is 1. The zero-order valence-electron chi connectivity index (χ0n) is 14.6. The highest BCUT2D eigenvalue weighted by Gasteiger charge is 2.32. The highest BCUT2D eigenvalue weighted by molar-refractivity contribution is 5.86. The number of carbonyl (C=O) groups is 3. The quantitative estimate of drug-likeness (QED) is 0.708. The molecule has 7 heteroatoms. The molecule has 0 radical (unpaired) electrons. The minimum Gasteiger partial charge on any atom is -0.480 e. The van der Waals surface area contributed by atoms with E-state index in [4.69, 9.17) is 0 Å². The second kappa shape index (κ2) is 8.35. The molecular weight excluding hydrogens is 310 g/mol. The van der Waals surface area contributed by atoms with Gasteiger partial charge in [-0.1, -0.05) is 26.7 Å². The smallest absolute Gasteiger partial charge is 0.326 e. The Morgan fingerprint density at radius 1 is 1.08 bits per heavy atom. The lowest BCUT2D eigenvalue weighted by molar-refractivity contribution is -0.144. The van der Waals surface area contributed by atoms with E-state index in [0.29, 0.717) is 19.5 Å². The third-order valence-corrected chi connectivity index (χ3v) is 4.99. The Balaban J connectivity index is 1.88. The van der Waals surface area contributed by atoms with Crippen LogP contribution >= 0.6 is 0 Å². The van der Waals surface area contributed by atoms with Crippen LogP contribution in [0.4, 0.5) is 4.79 Å². The van der Waals surface area contributed by atoms with Crippen molar-refractivity contribution in [3.05, 3.63) is 0 Å². The summed E-state index contributed by atoms with van der Waals surface area (Å²) in [6.45, 7) is 4.53. The summed E-state index contributed by atoms with van der Waals surface area (Å²) in [4.78, 5) is 37.7. The van der Waals surface area contributed by atoms with Crippen molar-refractivity contribution >= 4 is 17.9 Å². The summed E-state index contributed by atoms with van der Waals surface area (Å²) in [5.41, 5.74) is 0. The third-order valence-electron chi connectivity index (χ3n) is 4.99. The maximum absolute atomic E-state index is 12.4. The van der Waals surface area contributed by atoms with Gasteiger partial charge in [-0.2, -0.15) is 0 Å². The van der Waals surface area contributed by atoms with Gasteiger partial charge in [0.1, 0.15) is 6.04 Å². The Labute approximate surface area is 143 Å². The summed E-state index contributed by atoms with van der Waals surface area (Å²) in [5, 5.41) is 14.9. The van der Waals surface area contributed by atoms with E-state index in [9.17, 15) is 19.5 Å². The Morgan fingerprint density at radius 3 is 2.33 bits per heavy atom. The lowest BCUT2D eigenvalue weighted by Gasteiger charge is -2.33. The summed E-state index contributed by atoms with van der Waals surface area (Å²) < 4.78 is 0. The molecule has 3 amide bonds. The molecule has 1 aliphatic heterocycles. The highest BCUT2D eigenvalue weighted by atomic mass is 16.4. The number of nitrogens with zero attached hydrogens (tertiary/aromatic N) is 1. The predicted octanol–water partition coefficient (Wildman–Crippen LogP) is 1.58. The van der Waals surface area contributed by atoms with Crippen LogP contribution < -0.4 is 10.6 Å². The fourth-order valence-corrected chi connectivity index (χ4v) is 3.50. The molecule has 0 aromatic carbocycles. The van der Waals surface area contributed by atoms with Crippen LogP contribution in [0.5, 0.6) is 0 Å². The lowest BCUT2D eigenvalue weighted by Crippen LogP contribution is -2.53. The molecule has 24 heavy (non-hydrogen) atoms. The molecule has 0 aromatic rings. The van der Waals surface area contributed by atoms with E-state index < -0.39 is 12.0 Å². The van der Waals surface area contributed by atoms with Crippen molar-refractivity contribution in [2.24, 2.45) is 11.8 Å². The predicted molar refractivity (Wildman–Crippen MR) is 89.5 cm³/mol. The Kier molecular flexibility index (Phi) is 6.45. The van der Waals surface area contributed by atoms with E-state index in [1.807, 2.05) is 0 Å². The number of piperidine rings is 1. The molecule has 1 unspecified atom stereocenters. The van der Waals surface area contributed by atoms with Crippen LogP contribution in [0.2, 0.25) is 0 Å². The molecule has 7 nitrogen and oxygen atoms in total. The lowest BCUT2D eigenvalue weighted by atomic mass is 9.96. The maximum Gasteiger partial charge on any atom is 0.326 e. The number of aliphatic carboxylic acids is 1. The fraction of sp³-hybridized carbons (Fsp3) is 0.824. The first-order chi connectivity index (χ1) is 11.4. The summed E-state index contributed by atoms with van der Waals surface area (Å²) in [6.07, 6.45) is 5.80. The minimum absolute atomic E-state index is 0.0990. The van der Waals surface area contributed by atoms with Gasteiger partial charge in [-0.05, 0) is 31.6 Å². The van der Waals surface area contributed by atoms with Gasteiger partial charge in [0.05, 0.1) is 5.92 Å². The number of nitrogens with one attached hydrogen (secondary N) is 2. The van der Waals surface area contributed by atoms with Crippen LogP contribution in [0, 0.1) is 11.8 Å². The van der Waals surface area contributed by atoms with Gasteiger partial charge in [-0.3, -0.25) is 4.79 Å². The van der Waals surface area contributed by atoms with Gasteiger partial charge in [-0.25, -0.2) is 9.59 Å². The standard InChI is InChI=1S/C17H29N3O4/c1-11(2)14(16(22)23)19-15(21)12-6-5-9-20(10-12)17(24)18-13-7-3-4-8-13/h11-14H,3-10H2,1-2H3,(H,18,24)(H,19,21)(H,22,23)/t12?,14-/m0/s1. The molecule has 2 rings (SSSR count). The molecule has 2 aliphatic rings. The van der Waals surface area contributed by atoms with Crippen LogP contribution in [0.1, 0.15) is 52.4 Å². The van der Waals surface area contributed by atoms with Crippen molar-refractivity contribution in [3.8, 4) is 0 Å². The molecule has 1 saturated heterocycles. The monoisotopic (exact) mass is 339 g/mol. The average Bonchev–Trinajstić information content (AvgIpc) is 3.04. The molecule has 1 saturated carbocycles. The van der Waals surface area contributed by atoms with Gasteiger partial charge in [0.25, 0.3) is 0 Å². The normalized spacial score (nSPS) is 23.1. The van der Waals surface area contributed by atoms with Gasteiger partial charge in [-0.15, -0.1) is 0 Å². The van der Waals surface area contributed by atoms with E-state index in [-0.39, 0.29) is 29.8 Å². The van der Waals surface area contributed by atoms with Crippen LogP contribution in [-0.2, 0) is 9.59 Å². The number of hydrogen-bond acceptors (Lipinski definition) is 3. The summed E-state index contributed by atoms with van der Waals surface area (Å²) in [6, 6.07) is -0.734. The second-order valence-corrected chi connectivity index (χ2v) is 7.28. The molecule has 0 spiro atoms. The number of rotatable bonds is 5. The van der Waals surface area contributed by atoms with E-state index in [1.54, 1.807) is 18.7 Å². The summed E-state index contributed by atoms with van der Waals surface area (Å²) in [5.74, 6) is -1.81. The van der Waals surface area contributed by atoms with Crippen molar-refractivity contribution in [1.82, 2.24) is 15.5 Å². The number of carboxylic acids is 1. The van der Waals surface area contributed by atoms with Crippen molar-refractivity contribution in [2.75, 3.05) is 13.1 Å². The van der Waals surface area contributed by atoms with Gasteiger partial charge < -0.3 is 20.6 Å². The van der Waals surface area contributed by atoms with Crippen molar-refractivity contribution in [2.45, 2.75) is 64.5 Å². The van der Waals surface area contributed by atoms with Crippen LogP contribution in [0.25, 0.3) is 0 Å². The van der Waals surface area contributed by atoms with Crippen LogP contribution in [-0.4, -0.2) is 53.1 Å². The Morgan fingerprint density at radius 2 is 1.75 bits per heavy atom. The first kappa shape index (κ1) is 18.5. The molecule has 1 heterocycles. The van der Waals surface area contributed by atoms with E-state index in [2.05, 4.69) is 10.6 Å². The topological polar surface area (TPSA) is 98.7 Å². The van der Waals surface area contributed by atoms with Crippen molar-refractivity contribution < 1.29 is 19.5 Å². The molecular formula is C17H29N3O4. The van der Waals surface area contributed by atoms with E-state index in [1.165, 1.54) is 0 Å². The number of hydrogen-bond donors (Lipinski definition) is 3. The van der Waals surface area contributed by atoms with Crippen molar-refractivity contribution in [1.29, 1.82) is 0 Å². The largest absolute Gasteiger partial charge is 0.480 e. The Bertz CT molecular complexity index is 474. The SMILES string of the molecule is CC(C)[C@H](NC(=O)C1CCCN(C(=O)NC2CCCC2)C1)C(=O)O. The van der Waals surface area contributed by atoms with Gasteiger partial charge in [0.2, 0.25) is 5.91 Å². The zero-order chi connectivity index (χ0) is 17.7. The average molecular weight is 339 g/mol. The van der Waals surface area contributed by atoms with Crippen LogP contribution in [0.15, 0.2) is 0 Å². The third kappa shape index (κ3) is 4.85. The molecule has 136 valence electrons.